The molecule has 2 aromatic rings. The molecular formula is C16H16F2N2O2S. The van der Waals surface area contributed by atoms with Gasteiger partial charge in [0.15, 0.2) is 5.13 Å². The van der Waals surface area contributed by atoms with E-state index in [0.29, 0.717) is 5.13 Å². The minimum atomic E-state index is -2.84. The Kier molecular flexibility index (Phi) is 4.56. The van der Waals surface area contributed by atoms with Gasteiger partial charge in [-0.25, -0.2) is 4.98 Å². The zero-order valence-electron chi connectivity index (χ0n) is 12.5. The van der Waals surface area contributed by atoms with Crippen molar-refractivity contribution in [3.8, 4) is 17.0 Å². The fourth-order valence-corrected chi connectivity index (χ4v) is 3.23. The summed E-state index contributed by atoms with van der Waals surface area (Å²) in [5.41, 5.74) is 1.53. The van der Waals surface area contributed by atoms with Gasteiger partial charge in [-0.2, -0.15) is 8.78 Å². The minimum Gasteiger partial charge on any atom is -0.435 e. The van der Waals surface area contributed by atoms with E-state index in [1.165, 1.54) is 23.5 Å². The van der Waals surface area contributed by atoms with Crippen LogP contribution in [0.1, 0.15) is 24.1 Å². The minimum absolute atomic E-state index is 0.0252. The number of nitrogens with one attached hydrogen (secondary N) is 1. The number of rotatable bonds is 5. The lowest BCUT2D eigenvalue weighted by Gasteiger charge is -2.23. The topological polar surface area (TPSA) is 51.2 Å². The first-order valence-electron chi connectivity index (χ1n) is 7.36. The second-order valence-corrected chi connectivity index (χ2v) is 6.65. The molecule has 1 saturated carbocycles. The Bertz CT molecular complexity index is 697. The van der Waals surface area contributed by atoms with Crippen LogP contribution in [0.2, 0.25) is 0 Å². The third-order valence-corrected chi connectivity index (χ3v) is 4.74. The van der Waals surface area contributed by atoms with E-state index in [1.807, 2.05) is 6.92 Å². The van der Waals surface area contributed by atoms with Crippen LogP contribution in [0.5, 0.6) is 5.75 Å². The van der Waals surface area contributed by atoms with Gasteiger partial charge in [0.05, 0.1) is 5.69 Å². The number of nitrogens with zero attached hydrogens (tertiary/aromatic N) is 1. The zero-order chi connectivity index (χ0) is 16.4. The molecule has 1 aromatic carbocycles. The Labute approximate surface area is 136 Å². The quantitative estimate of drug-likeness (QED) is 0.876. The number of carbonyl (C=O) groups is 1. The Morgan fingerprint density at radius 1 is 1.35 bits per heavy atom. The van der Waals surface area contributed by atoms with E-state index >= 15 is 0 Å². The van der Waals surface area contributed by atoms with Crippen LogP contribution < -0.4 is 10.1 Å². The lowest BCUT2D eigenvalue weighted by atomic mass is 9.85. The summed E-state index contributed by atoms with van der Waals surface area (Å²) < 4.78 is 28.6. The van der Waals surface area contributed by atoms with E-state index in [0.717, 1.165) is 35.4 Å². The smallest absolute Gasteiger partial charge is 0.387 e. The standard InChI is InChI=1S/C16H16F2N2O2S/c1-9-13(10-5-7-12(8-6-10)22-15(17)18)19-16(23-9)20-14(21)11-3-2-4-11/h5-8,11,15H,2-4H2,1H3,(H,19,20,21). The fourth-order valence-electron chi connectivity index (χ4n) is 2.39. The van der Waals surface area contributed by atoms with E-state index < -0.39 is 6.61 Å². The van der Waals surface area contributed by atoms with Crippen LogP contribution in [0, 0.1) is 12.8 Å². The maximum absolute atomic E-state index is 12.2. The molecule has 1 aliphatic carbocycles. The number of aryl methyl sites for hydroxylation is 1. The van der Waals surface area contributed by atoms with Gasteiger partial charge in [-0.3, -0.25) is 4.79 Å². The van der Waals surface area contributed by atoms with E-state index in [4.69, 9.17) is 0 Å². The van der Waals surface area contributed by atoms with Crippen LogP contribution in [0.25, 0.3) is 11.3 Å². The van der Waals surface area contributed by atoms with Gasteiger partial charge >= 0.3 is 6.61 Å². The average molecular weight is 338 g/mol. The van der Waals surface area contributed by atoms with Crippen molar-refractivity contribution in [2.75, 3.05) is 5.32 Å². The summed E-state index contributed by atoms with van der Waals surface area (Å²) >= 11 is 1.41. The van der Waals surface area contributed by atoms with Crippen molar-refractivity contribution in [3.05, 3.63) is 29.1 Å². The van der Waals surface area contributed by atoms with Crippen LogP contribution in [0.15, 0.2) is 24.3 Å². The number of anilines is 1. The van der Waals surface area contributed by atoms with Crippen LogP contribution in [-0.4, -0.2) is 17.5 Å². The van der Waals surface area contributed by atoms with Gasteiger partial charge in [0, 0.05) is 16.4 Å². The van der Waals surface area contributed by atoms with Crippen molar-refractivity contribution >= 4 is 22.4 Å². The lowest BCUT2D eigenvalue weighted by molar-refractivity contribution is -0.122. The van der Waals surface area contributed by atoms with Crippen LogP contribution in [-0.2, 0) is 4.79 Å². The number of ether oxygens (including phenoxy) is 1. The van der Waals surface area contributed by atoms with E-state index in [9.17, 15) is 13.6 Å². The number of alkyl halides is 2. The van der Waals surface area contributed by atoms with Crippen LogP contribution in [0.4, 0.5) is 13.9 Å². The highest BCUT2D eigenvalue weighted by molar-refractivity contribution is 7.16. The number of halogens is 2. The van der Waals surface area contributed by atoms with Crippen molar-refractivity contribution in [2.24, 2.45) is 5.92 Å². The Hall–Kier alpha value is -2.02. The predicted molar refractivity (Wildman–Crippen MR) is 84.9 cm³/mol. The molecule has 4 nitrogen and oxygen atoms in total. The molecule has 1 aromatic heterocycles. The van der Waals surface area contributed by atoms with Crippen molar-refractivity contribution in [1.29, 1.82) is 0 Å². The third kappa shape index (κ3) is 3.67. The molecule has 1 heterocycles. The Morgan fingerprint density at radius 2 is 2.04 bits per heavy atom. The summed E-state index contributed by atoms with van der Waals surface area (Å²) in [6.45, 7) is -0.926. The molecule has 0 saturated heterocycles. The first-order chi connectivity index (χ1) is 11.0. The maximum Gasteiger partial charge on any atom is 0.387 e. The average Bonchev–Trinajstić information content (AvgIpc) is 2.77. The number of benzene rings is 1. The number of aromatic nitrogens is 1. The number of amides is 1. The SMILES string of the molecule is Cc1sc(NC(=O)C2CCC2)nc1-c1ccc(OC(F)F)cc1. The lowest BCUT2D eigenvalue weighted by Crippen LogP contribution is -2.27. The molecule has 23 heavy (non-hydrogen) atoms. The Balaban J connectivity index is 1.73. The monoisotopic (exact) mass is 338 g/mol. The van der Waals surface area contributed by atoms with E-state index in [2.05, 4.69) is 15.0 Å². The fraction of sp³-hybridized carbons (Fsp3) is 0.375. The maximum atomic E-state index is 12.2. The van der Waals surface area contributed by atoms with Crippen molar-refractivity contribution in [1.82, 2.24) is 4.98 Å². The Morgan fingerprint density at radius 3 is 2.61 bits per heavy atom. The van der Waals surface area contributed by atoms with Gasteiger partial charge in [0.25, 0.3) is 0 Å². The van der Waals surface area contributed by atoms with Gasteiger partial charge in [0.1, 0.15) is 5.75 Å². The second-order valence-electron chi connectivity index (χ2n) is 5.44. The second kappa shape index (κ2) is 6.62. The highest BCUT2D eigenvalue weighted by Gasteiger charge is 2.26. The van der Waals surface area contributed by atoms with E-state index in [1.54, 1.807) is 12.1 Å². The summed E-state index contributed by atoms with van der Waals surface area (Å²) in [5.74, 6) is 0.237. The summed E-state index contributed by atoms with van der Waals surface area (Å²) in [5, 5.41) is 3.43. The van der Waals surface area contributed by atoms with E-state index in [-0.39, 0.29) is 17.6 Å². The molecule has 1 aliphatic rings. The third-order valence-electron chi connectivity index (χ3n) is 3.86. The normalized spacial score (nSPS) is 14.6. The molecule has 3 rings (SSSR count). The van der Waals surface area contributed by atoms with Gasteiger partial charge in [-0.1, -0.05) is 6.42 Å². The molecule has 0 bridgehead atoms. The van der Waals surface area contributed by atoms with Crippen molar-refractivity contribution in [2.45, 2.75) is 32.8 Å². The number of hydrogen-bond acceptors (Lipinski definition) is 4. The molecule has 7 heteroatoms. The first kappa shape index (κ1) is 15.9. The first-order valence-corrected chi connectivity index (χ1v) is 8.18. The van der Waals surface area contributed by atoms with Crippen molar-refractivity contribution in [3.63, 3.8) is 0 Å². The molecule has 1 N–H and O–H groups in total. The van der Waals surface area contributed by atoms with Gasteiger partial charge in [-0.15, -0.1) is 11.3 Å². The molecule has 0 unspecified atom stereocenters. The van der Waals surface area contributed by atoms with Crippen LogP contribution in [0.3, 0.4) is 0 Å². The predicted octanol–water partition coefficient (Wildman–Crippen LogP) is 4.46. The molecule has 122 valence electrons. The van der Waals surface area contributed by atoms with Gasteiger partial charge in [-0.05, 0) is 44.0 Å². The molecular weight excluding hydrogens is 322 g/mol. The molecule has 0 aliphatic heterocycles. The molecule has 1 fully saturated rings. The summed E-state index contributed by atoms with van der Waals surface area (Å²) in [6, 6.07) is 6.31. The zero-order valence-corrected chi connectivity index (χ0v) is 13.3. The highest BCUT2D eigenvalue weighted by atomic mass is 32.1. The summed E-state index contributed by atoms with van der Waals surface area (Å²) in [4.78, 5) is 17.4. The number of carbonyl (C=O) groups excluding carboxylic acids is 1. The molecule has 1 amide bonds. The molecule has 0 radical (unpaired) electrons. The highest BCUT2D eigenvalue weighted by Crippen LogP contribution is 2.33. The largest absolute Gasteiger partial charge is 0.435 e. The van der Waals surface area contributed by atoms with Gasteiger partial charge < -0.3 is 10.1 Å². The van der Waals surface area contributed by atoms with Gasteiger partial charge in [0.2, 0.25) is 5.91 Å². The van der Waals surface area contributed by atoms with Crippen molar-refractivity contribution < 1.29 is 18.3 Å². The summed E-state index contributed by atoms with van der Waals surface area (Å²) in [7, 11) is 0. The number of thiazole rings is 1. The molecule has 0 atom stereocenters. The summed E-state index contributed by atoms with van der Waals surface area (Å²) in [6.07, 6.45) is 2.98. The molecule has 0 spiro atoms. The number of hydrogen-bond donors (Lipinski definition) is 1. The van der Waals surface area contributed by atoms with Crippen LogP contribution >= 0.6 is 11.3 Å².